The highest BCUT2D eigenvalue weighted by Gasteiger charge is 2.27. The van der Waals surface area contributed by atoms with Gasteiger partial charge in [0.15, 0.2) is 0 Å². The molecule has 3 nitrogen and oxygen atoms in total. The molecule has 0 saturated heterocycles. The van der Waals surface area contributed by atoms with E-state index < -0.39 is 5.79 Å². The van der Waals surface area contributed by atoms with Crippen molar-refractivity contribution in [2.24, 2.45) is 0 Å². The van der Waals surface area contributed by atoms with Crippen LogP contribution in [0.25, 0.3) is 0 Å². The number of aromatic nitrogens is 1. The van der Waals surface area contributed by atoms with E-state index in [9.17, 15) is 10.2 Å². The minimum Gasteiger partial charge on any atom is -0.360 e. The van der Waals surface area contributed by atoms with Crippen LogP contribution in [0.15, 0.2) is 54.7 Å². The monoisotopic (exact) mass is 215 g/mol. The summed E-state index contributed by atoms with van der Waals surface area (Å²) < 4.78 is 0. The molecule has 0 aliphatic carbocycles. The molecule has 2 rings (SSSR count). The van der Waals surface area contributed by atoms with Gasteiger partial charge in [-0.1, -0.05) is 36.4 Å². The second kappa shape index (κ2) is 4.43. The van der Waals surface area contributed by atoms with E-state index in [0.717, 1.165) is 5.56 Å². The van der Waals surface area contributed by atoms with Crippen LogP contribution in [0.2, 0.25) is 0 Å². The van der Waals surface area contributed by atoms with Crippen LogP contribution >= 0.6 is 0 Å². The van der Waals surface area contributed by atoms with E-state index in [1.807, 2.05) is 30.3 Å². The quantitative estimate of drug-likeness (QED) is 0.762. The molecule has 0 atom stereocenters. The number of pyridine rings is 1. The number of hydrogen-bond acceptors (Lipinski definition) is 3. The van der Waals surface area contributed by atoms with Gasteiger partial charge in [-0.05, 0) is 17.7 Å². The number of benzene rings is 1. The Morgan fingerprint density at radius 1 is 0.938 bits per heavy atom. The summed E-state index contributed by atoms with van der Waals surface area (Å²) in [6.45, 7) is 0. The first-order valence-electron chi connectivity index (χ1n) is 5.09. The van der Waals surface area contributed by atoms with Gasteiger partial charge in [0.05, 0.1) is 5.69 Å². The molecular weight excluding hydrogens is 202 g/mol. The number of rotatable bonds is 3. The van der Waals surface area contributed by atoms with Gasteiger partial charge in [-0.15, -0.1) is 0 Å². The van der Waals surface area contributed by atoms with Crippen molar-refractivity contribution < 1.29 is 10.2 Å². The lowest BCUT2D eigenvalue weighted by molar-refractivity contribution is -0.171. The predicted octanol–water partition coefficient (Wildman–Crippen LogP) is 1.46. The van der Waals surface area contributed by atoms with Gasteiger partial charge in [-0.3, -0.25) is 4.98 Å². The third-order valence-corrected chi connectivity index (χ3v) is 2.37. The second-order valence-electron chi connectivity index (χ2n) is 3.69. The lowest BCUT2D eigenvalue weighted by atomic mass is 10.0. The highest BCUT2D eigenvalue weighted by Crippen LogP contribution is 2.20. The lowest BCUT2D eigenvalue weighted by Crippen LogP contribution is -2.29. The topological polar surface area (TPSA) is 53.4 Å². The fourth-order valence-corrected chi connectivity index (χ4v) is 1.57. The number of aliphatic hydroxyl groups is 2. The molecule has 0 unspecified atom stereocenters. The van der Waals surface area contributed by atoms with Gasteiger partial charge >= 0.3 is 0 Å². The summed E-state index contributed by atoms with van der Waals surface area (Å²) in [4.78, 5) is 3.95. The molecule has 0 saturated carbocycles. The molecule has 0 radical (unpaired) electrons. The Balaban J connectivity index is 2.21. The second-order valence-corrected chi connectivity index (χ2v) is 3.69. The van der Waals surface area contributed by atoms with Crippen molar-refractivity contribution >= 4 is 0 Å². The van der Waals surface area contributed by atoms with E-state index in [4.69, 9.17) is 0 Å². The van der Waals surface area contributed by atoms with Crippen molar-refractivity contribution in [1.29, 1.82) is 0 Å². The van der Waals surface area contributed by atoms with E-state index in [1.54, 1.807) is 24.4 Å². The summed E-state index contributed by atoms with van der Waals surface area (Å²) >= 11 is 0. The molecule has 0 aliphatic heterocycles. The Hall–Kier alpha value is -1.71. The van der Waals surface area contributed by atoms with E-state index >= 15 is 0 Å². The maximum Gasteiger partial charge on any atom is 0.211 e. The predicted molar refractivity (Wildman–Crippen MR) is 60.5 cm³/mol. The molecule has 0 bridgehead atoms. The van der Waals surface area contributed by atoms with Crippen LogP contribution in [0.1, 0.15) is 11.3 Å². The van der Waals surface area contributed by atoms with Crippen molar-refractivity contribution in [2.45, 2.75) is 12.2 Å². The van der Waals surface area contributed by atoms with Crippen LogP contribution in [-0.4, -0.2) is 15.2 Å². The van der Waals surface area contributed by atoms with Gasteiger partial charge in [0.2, 0.25) is 5.79 Å². The van der Waals surface area contributed by atoms with Gasteiger partial charge in [0.1, 0.15) is 0 Å². The number of nitrogens with zero attached hydrogens (tertiary/aromatic N) is 1. The summed E-state index contributed by atoms with van der Waals surface area (Å²) in [7, 11) is 0. The number of hydrogen-bond donors (Lipinski definition) is 2. The van der Waals surface area contributed by atoms with Crippen molar-refractivity contribution in [1.82, 2.24) is 4.98 Å². The van der Waals surface area contributed by atoms with Crippen LogP contribution in [0.5, 0.6) is 0 Å². The molecule has 82 valence electrons. The normalized spacial score (nSPS) is 11.4. The first-order chi connectivity index (χ1) is 7.68. The van der Waals surface area contributed by atoms with Crippen LogP contribution in [0, 0.1) is 0 Å². The molecule has 0 aliphatic rings. The highest BCUT2D eigenvalue weighted by molar-refractivity contribution is 5.19. The average molecular weight is 215 g/mol. The minimum absolute atomic E-state index is 0.130. The zero-order valence-electron chi connectivity index (χ0n) is 8.74. The third kappa shape index (κ3) is 2.45. The molecule has 1 aromatic heterocycles. The zero-order chi connectivity index (χ0) is 11.4. The summed E-state index contributed by atoms with van der Waals surface area (Å²) in [6, 6.07) is 14.4. The van der Waals surface area contributed by atoms with Gasteiger partial charge in [0, 0.05) is 12.6 Å². The van der Waals surface area contributed by atoms with Crippen LogP contribution < -0.4 is 0 Å². The van der Waals surface area contributed by atoms with E-state index in [-0.39, 0.29) is 12.1 Å². The molecule has 0 fully saturated rings. The van der Waals surface area contributed by atoms with E-state index in [2.05, 4.69) is 4.98 Å². The van der Waals surface area contributed by atoms with E-state index in [0.29, 0.717) is 0 Å². The smallest absolute Gasteiger partial charge is 0.211 e. The summed E-state index contributed by atoms with van der Waals surface area (Å²) in [5.41, 5.74) is 1.12. The zero-order valence-corrected chi connectivity index (χ0v) is 8.74. The van der Waals surface area contributed by atoms with Crippen LogP contribution in [0.4, 0.5) is 0 Å². The molecule has 0 spiro atoms. The molecule has 16 heavy (non-hydrogen) atoms. The molecule has 2 N–H and O–H groups in total. The summed E-state index contributed by atoms with van der Waals surface area (Å²) in [5, 5.41) is 19.9. The first-order valence-corrected chi connectivity index (χ1v) is 5.09. The van der Waals surface area contributed by atoms with Crippen molar-refractivity contribution in [3.63, 3.8) is 0 Å². The van der Waals surface area contributed by atoms with Crippen LogP contribution in [-0.2, 0) is 12.2 Å². The Labute approximate surface area is 94.0 Å². The van der Waals surface area contributed by atoms with Crippen LogP contribution in [0.3, 0.4) is 0 Å². The molecule has 3 heteroatoms. The third-order valence-electron chi connectivity index (χ3n) is 2.37. The summed E-state index contributed by atoms with van der Waals surface area (Å²) in [6.07, 6.45) is 1.67. The Kier molecular flexibility index (Phi) is 2.99. The van der Waals surface area contributed by atoms with Gasteiger partial charge in [-0.2, -0.15) is 0 Å². The van der Waals surface area contributed by atoms with E-state index in [1.165, 1.54) is 0 Å². The summed E-state index contributed by atoms with van der Waals surface area (Å²) in [5.74, 6) is -1.91. The fraction of sp³-hybridized carbons (Fsp3) is 0.154. The van der Waals surface area contributed by atoms with Crippen molar-refractivity contribution in [3.8, 4) is 0 Å². The van der Waals surface area contributed by atoms with Gasteiger partial charge < -0.3 is 10.2 Å². The Bertz CT molecular complexity index is 440. The Morgan fingerprint density at radius 3 is 2.25 bits per heavy atom. The van der Waals surface area contributed by atoms with Crippen molar-refractivity contribution in [3.05, 3.63) is 66.0 Å². The Morgan fingerprint density at radius 2 is 1.62 bits per heavy atom. The molecular formula is C13H13NO2. The largest absolute Gasteiger partial charge is 0.360 e. The molecule has 1 aromatic carbocycles. The molecule has 0 amide bonds. The lowest BCUT2D eigenvalue weighted by Gasteiger charge is -2.20. The SMILES string of the molecule is OC(O)(Cc1ccccc1)c1ccccn1. The minimum atomic E-state index is -1.91. The average Bonchev–Trinajstić information content (AvgIpc) is 2.31. The highest BCUT2D eigenvalue weighted by atomic mass is 16.5. The van der Waals surface area contributed by atoms with Gasteiger partial charge in [0.25, 0.3) is 0 Å². The first kappa shape index (κ1) is 10.8. The molecule has 2 aromatic rings. The van der Waals surface area contributed by atoms with Crippen molar-refractivity contribution in [2.75, 3.05) is 0 Å². The molecule has 1 heterocycles. The fourth-order valence-electron chi connectivity index (χ4n) is 1.57. The maximum atomic E-state index is 9.93. The maximum absolute atomic E-state index is 9.93. The van der Waals surface area contributed by atoms with Gasteiger partial charge in [-0.25, -0.2) is 0 Å². The standard InChI is InChI=1S/C13H13NO2/c15-13(16,12-8-4-5-9-14-12)10-11-6-2-1-3-7-11/h1-9,15-16H,10H2.